The van der Waals surface area contributed by atoms with Crippen LogP contribution in [0.2, 0.25) is 0 Å². The number of amides is 2. The molecule has 0 bridgehead atoms. The second-order valence-electron chi connectivity index (χ2n) is 8.69. The lowest BCUT2D eigenvalue weighted by Gasteiger charge is -2.31. The predicted octanol–water partition coefficient (Wildman–Crippen LogP) is 4.51. The van der Waals surface area contributed by atoms with Gasteiger partial charge in [-0.05, 0) is 74.9 Å². The normalized spacial score (nSPS) is 11.9. The molecule has 3 aromatic carbocycles. The van der Waals surface area contributed by atoms with Crippen molar-refractivity contribution in [1.29, 1.82) is 0 Å². The smallest absolute Gasteiger partial charge is 0.264 e. The topological polar surface area (TPSA) is 96.0 Å². The Balaban J connectivity index is 2.02. The van der Waals surface area contributed by atoms with Crippen LogP contribution in [0.1, 0.15) is 25.0 Å². The van der Waals surface area contributed by atoms with Gasteiger partial charge in [-0.1, -0.05) is 45.8 Å². The summed E-state index contributed by atoms with van der Waals surface area (Å²) < 4.78 is 35.1. The van der Waals surface area contributed by atoms with E-state index in [9.17, 15) is 18.0 Å². The number of carbonyl (C=O) groups excluding carboxylic acids is 2. The van der Waals surface area contributed by atoms with Gasteiger partial charge >= 0.3 is 0 Å². The van der Waals surface area contributed by atoms with Crippen molar-refractivity contribution in [1.82, 2.24) is 10.2 Å². The molecule has 2 amide bonds. The Bertz CT molecular complexity index is 1340. The van der Waals surface area contributed by atoms with E-state index in [2.05, 4.69) is 21.2 Å². The highest BCUT2D eigenvalue weighted by atomic mass is 79.9. The molecule has 3 aromatic rings. The van der Waals surface area contributed by atoms with E-state index in [1.54, 1.807) is 43.3 Å². The number of halogens is 1. The third-order valence-corrected chi connectivity index (χ3v) is 8.32. The molecule has 0 aliphatic rings. The second-order valence-corrected chi connectivity index (χ2v) is 11.5. The quantitative estimate of drug-likeness (QED) is 0.349. The summed E-state index contributed by atoms with van der Waals surface area (Å²) in [6.45, 7) is 5.43. The lowest BCUT2D eigenvalue weighted by atomic mass is 10.1. The minimum absolute atomic E-state index is 0.0589. The van der Waals surface area contributed by atoms with Crippen LogP contribution in [0, 0.1) is 6.92 Å². The van der Waals surface area contributed by atoms with Crippen LogP contribution in [0.4, 0.5) is 5.69 Å². The summed E-state index contributed by atoms with van der Waals surface area (Å²) >= 11 is 3.40. The number of ether oxygens (including phenoxy) is 1. The molecule has 0 radical (unpaired) electrons. The molecule has 10 heteroatoms. The highest BCUT2D eigenvalue weighted by molar-refractivity contribution is 9.10. The van der Waals surface area contributed by atoms with Crippen LogP contribution in [0.15, 0.2) is 82.2 Å². The molecule has 0 saturated carbocycles. The molecule has 202 valence electrons. The maximum absolute atomic E-state index is 13.8. The van der Waals surface area contributed by atoms with E-state index >= 15 is 0 Å². The van der Waals surface area contributed by atoms with Gasteiger partial charge in [0.1, 0.15) is 18.3 Å². The molecule has 1 N–H and O–H groups in total. The van der Waals surface area contributed by atoms with Gasteiger partial charge in [-0.2, -0.15) is 0 Å². The van der Waals surface area contributed by atoms with E-state index in [0.29, 0.717) is 18.0 Å². The molecule has 0 aromatic heterocycles. The average molecular weight is 603 g/mol. The van der Waals surface area contributed by atoms with Gasteiger partial charge in [0.2, 0.25) is 11.8 Å². The fraction of sp³-hybridized carbons (Fsp3) is 0.286. The molecule has 38 heavy (non-hydrogen) atoms. The van der Waals surface area contributed by atoms with Crippen molar-refractivity contribution in [3.63, 3.8) is 0 Å². The zero-order valence-electron chi connectivity index (χ0n) is 21.8. The van der Waals surface area contributed by atoms with Crippen LogP contribution in [0.5, 0.6) is 5.75 Å². The van der Waals surface area contributed by atoms with Crippen molar-refractivity contribution in [3.8, 4) is 5.75 Å². The number of anilines is 1. The van der Waals surface area contributed by atoms with E-state index in [4.69, 9.17) is 4.74 Å². The van der Waals surface area contributed by atoms with Crippen LogP contribution in [-0.2, 0) is 26.2 Å². The molecule has 0 heterocycles. The Labute approximate surface area is 232 Å². The first-order valence-electron chi connectivity index (χ1n) is 12.1. The van der Waals surface area contributed by atoms with Crippen molar-refractivity contribution in [2.45, 2.75) is 38.3 Å². The van der Waals surface area contributed by atoms with Crippen LogP contribution < -0.4 is 14.4 Å². The molecule has 0 aliphatic carbocycles. The van der Waals surface area contributed by atoms with Gasteiger partial charge in [0.25, 0.3) is 10.0 Å². The molecule has 0 saturated heterocycles. The largest absolute Gasteiger partial charge is 0.494 e. The van der Waals surface area contributed by atoms with Gasteiger partial charge in [0.15, 0.2) is 0 Å². The number of hydrogen-bond acceptors (Lipinski definition) is 5. The number of carbonyl (C=O) groups is 2. The molecular weight excluding hydrogens is 570 g/mol. The second kappa shape index (κ2) is 12.9. The Morgan fingerprint density at radius 1 is 0.974 bits per heavy atom. The number of nitrogens with one attached hydrogen (secondary N) is 1. The SMILES string of the molecule is CCOc1ccc(N(CC(=O)N(Cc2ccc(Br)cc2)[C@@H](C)C(=O)NC)S(=O)(=O)c2ccc(C)cc2)cc1. The lowest BCUT2D eigenvalue weighted by molar-refractivity contribution is -0.139. The molecule has 3 rings (SSSR count). The van der Waals surface area contributed by atoms with Crippen molar-refractivity contribution in [3.05, 3.63) is 88.4 Å². The summed E-state index contributed by atoms with van der Waals surface area (Å²) in [5, 5.41) is 2.57. The summed E-state index contributed by atoms with van der Waals surface area (Å²) in [6, 6.07) is 19.5. The zero-order valence-corrected chi connectivity index (χ0v) is 24.3. The van der Waals surface area contributed by atoms with E-state index in [-0.39, 0.29) is 17.3 Å². The number of likely N-dealkylation sites (N-methyl/N-ethyl adjacent to an activating group) is 1. The van der Waals surface area contributed by atoms with E-state index < -0.39 is 28.5 Å². The number of aryl methyl sites for hydroxylation is 1. The van der Waals surface area contributed by atoms with Gasteiger partial charge in [0, 0.05) is 18.1 Å². The third kappa shape index (κ3) is 7.14. The lowest BCUT2D eigenvalue weighted by Crippen LogP contribution is -2.50. The van der Waals surface area contributed by atoms with Crippen LogP contribution in [-0.4, -0.2) is 51.4 Å². The van der Waals surface area contributed by atoms with Gasteiger partial charge < -0.3 is 15.0 Å². The highest BCUT2D eigenvalue weighted by Crippen LogP contribution is 2.27. The molecular formula is C28H32BrN3O5S. The minimum atomic E-state index is -4.12. The Kier molecular flexibility index (Phi) is 9.93. The Morgan fingerprint density at radius 3 is 2.13 bits per heavy atom. The molecule has 1 atom stereocenters. The first-order chi connectivity index (χ1) is 18.1. The molecule has 0 spiro atoms. The minimum Gasteiger partial charge on any atom is -0.494 e. The molecule has 0 unspecified atom stereocenters. The summed E-state index contributed by atoms with van der Waals surface area (Å²) in [4.78, 5) is 27.8. The number of rotatable bonds is 11. The molecule has 0 aliphatic heterocycles. The van der Waals surface area contributed by atoms with Crippen molar-refractivity contribution in [2.24, 2.45) is 0 Å². The van der Waals surface area contributed by atoms with Gasteiger partial charge in [-0.25, -0.2) is 8.42 Å². The Hall–Kier alpha value is -3.37. The fourth-order valence-corrected chi connectivity index (χ4v) is 5.50. The monoisotopic (exact) mass is 601 g/mol. The number of hydrogen-bond donors (Lipinski definition) is 1. The van der Waals surface area contributed by atoms with Gasteiger partial charge in [-0.15, -0.1) is 0 Å². The van der Waals surface area contributed by atoms with Crippen molar-refractivity contribution >= 4 is 43.5 Å². The average Bonchev–Trinajstić information content (AvgIpc) is 2.91. The molecule has 8 nitrogen and oxygen atoms in total. The summed E-state index contributed by atoms with van der Waals surface area (Å²) in [7, 11) is -2.62. The summed E-state index contributed by atoms with van der Waals surface area (Å²) in [5.74, 6) is -0.293. The van der Waals surface area contributed by atoms with Gasteiger partial charge in [-0.3, -0.25) is 13.9 Å². The third-order valence-electron chi connectivity index (χ3n) is 6.00. The maximum Gasteiger partial charge on any atom is 0.264 e. The first kappa shape index (κ1) is 29.2. The highest BCUT2D eigenvalue weighted by Gasteiger charge is 2.32. The molecule has 0 fully saturated rings. The van der Waals surface area contributed by atoms with Crippen LogP contribution in [0.3, 0.4) is 0 Å². The number of sulfonamides is 1. The number of benzene rings is 3. The zero-order chi connectivity index (χ0) is 27.9. The fourth-order valence-electron chi connectivity index (χ4n) is 3.82. The van der Waals surface area contributed by atoms with Gasteiger partial charge in [0.05, 0.1) is 17.2 Å². The standard InChI is InChI=1S/C28H32BrN3O5S/c1-5-37-25-14-12-24(13-15-25)32(38(35,36)26-16-6-20(2)7-17-26)19-27(33)31(21(3)28(34)30-4)18-22-8-10-23(29)11-9-22/h6-17,21H,5,18-19H2,1-4H3,(H,30,34)/t21-/m0/s1. The Morgan fingerprint density at radius 2 is 1.58 bits per heavy atom. The predicted molar refractivity (Wildman–Crippen MR) is 152 cm³/mol. The van der Waals surface area contributed by atoms with E-state index in [0.717, 1.165) is 19.9 Å². The van der Waals surface area contributed by atoms with Crippen LogP contribution >= 0.6 is 15.9 Å². The number of nitrogens with zero attached hydrogens (tertiary/aromatic N) is 2. The van der Waals surface area contributed by atoms with Crippen molar-refractivity contribution in [2.75, 3.05) is 24.5 Å². The first-order valence-corrected chi connectivity index (χ1v) is 14.4. The van der Waals surface area contributed by atoms with Crippen molar-refractivity contribution < 1.29 is 22.7 Å². The maximum atomic E-state index is 13.8. The summed E-state index contributed by atoms with van der Waals surface area (Å²) in [5.41, 5.74) is 2.01. The summed E-state index contributed by atoms with van der Waals surface area (Å²) in [6.07, 6.45) is 0. The van der Waals surface area contributed by atoms with Crippen LogP contribution in [0.25, 0.3) is 0 Å². The van der Waals surface area contributed by atoms with E-state index in [1.165, 1.54) is 24.1 Å². The van der Waals surface area contributed by atoms with E-state index in [1.807, 2.05) is 38.1 Å².